The smallest absolute Gasteiger partial charge is 0.236 e. The average Bonchev–Trinajstić information content (AvgIpc) is 2.42. The molecule has 2 aromatic rings. The Bertz CT molecular complexity index is 732. The third-order valence-electron chi connectivity index (χ3n) is 2.76. The molecule has 4 nitrogen and oxygen atoms in total. The molecule has 21 heavy (non-hydrogen) atoms. The molecule has 0 radical (unpaired) electrons. The lowest BCUT2D eigenvalue weighted by molar-refractivity contribution is 0.282. The lowest BCUT2D eigenvalue weighted by Crippen LogP contribution is -2.15. The Balaban J connectivity index is 2.14. The first-order chi connectivity index (χ1) is 9.89. The van der Waals surface area contributed by atoms with E-state index in [1.165, 1.54) is 0 Å². The first-order valence-corrected chi connectivity index (χ1v) is 9.15. The number of hydrogen-bond donors (Lipinski definition) is 2. The van der Waals surface area contributed by atoms with Crippen LogP contribution in [-0.2, 0) is 22.4 Å². The summed E-state index contributed by atoms with van der Waals surface area (Å²) in [5.74, 6) is -0.152. The zero-order chi connectivity index (χ0) is 15.5. The largest absolute Gasteiger partial charge is 0.392 e. The van der Waals surface area contributed by atoms with Gasteiger partial charge in [-0.2, -0.15) is 0 Å². The molecule has 0 saturated carbocycles. The van der Waals surface area contributed by atoms with Crippen molar-refractivity contribution in [3.63, 3.8) is 0 Å². The van der Waals surface area contributed by atoms with Crippen LogP contribution in [0.5, 0.6) is 0 Å². The quantitative estimate of drug-likeness (QED) is 0.705. The Hall–Kier alpha value is -0.830. The number of rotatable bonds is 5. The third kappa shape index (κ3) is 4.84. The van der Waals surface area contributed by atoms with Gasteiger partial charge in [0.05, 0.1) is 23.1 Å². The Labute approximate surface area is 142 Å². The summed E-state index contributed by atoms with van der Waals surface area (Å²) in [6.45, 7) is -0.0659. The van der Waals surface area contributed by atoms with Gasteiger partial charge in [-0.25, -0.2) is 8.42 Å². The molecule has 0 amide bonds. The topological polar surface area (TPSA) is 66.4 Å². The summed E-state index contributed by atoms with van der Waals surface area (Å²) < 4.78 is 27.7. The molecule has 0 aromatic heterocycles. The molecule has 0 saturated heterocycles. The van der Waals surface area contributed by atoms with E-state index in [0.717, 1.165) is 9.13 Å². The SMILES string of the molecule is O=S(=O)(Cc1ccc(CO)cc1)Nc1ccc(I)cc1Cl. The number of anilines is 1. The molecule has 0 atom stereocenters. The van der Waals surface area contributed by atoms with Gasteiger partial charge in [0.2, 0.25) is 10.0 Å². The summed E-state index contributed by atoms with van der Waals surface area (Å²) in [4.78, 5) is 0. The van der Waals surface area contributed by atoms with Crippen LogP contribution in [0.1, 0.15) is 11.1 Å². The molecule has 0 bridgehead atoms. The predicted octanol–water partition coefficient (Wildman–Crippen LogP) is 3.38. The van der Waals surface area contributed by atoms with Gasteiger partial charge in [0.15, 0.2) is 0 Å². The maximum Gasteiger partial charge on any atom is 0.236 e. The maximum absolute atomic E-state index is 12.1. The van der Waals surface area contributed by atoms with Gasteiger partial charge in [0.25, 0.3) is 0 Å². The summed E-state index contributed by atoms with van der Waals surface area (Å²) in [7, 11) is -3.54. The van der Waals surface area contributed by atoms with Crippen LogP contribution >= 0.6 is 34.2 Å². The minimum atomic E-state index is -3.54. The Morgan fingerprint density at radius 3 is 2.29 bits per heavy atom. The highest BCUT2D eigenvalue weighted by molar-refractivity contribution is 14.1. The molecular formula is C14H13ClINO3S. The molecule has 0 spiro atoms. The number of halogens is 2. The van der Waals surface area contributed by atoms with Gasteiger partial charge in [0.1, 0.15) is 0 Å². The Kier molecular flexibility index (Phi) is 5.48. The fraction of sp³-hybridized carbons (Fsp3) is 0.143. The molecule has 0 fully saturated rings. The van der Waals surface area contributed by atoms with Crippen LogP contribution in [0.15, 0.2) is 42.5 Å². The number of sulfonamides is 1. The van der Waals surface area contributed by atoms with Crippen LogP contribution < -0.4 is 4.72 Å². The minimum absolute atomic E-state index is 0.0659. The van der Waals surface area contributed by atoms with Crippen molar-refractivity contribution in [3.8, 4) is 0 Å². The highest BCUT2D eigenvalue weighted by atomic mass is 127. The summed E-state index contributed by atoms with van der Waals surface area (Å²) in [5, 5.41) is 9.33. The van der Waals surface area contributed by atoms with E-state index in [4.69, 9.17) is 16.7 Å². The van der Waals surface area contributed by atoms with E-state index in [1.54, 1.807) is 42.5 Å². The van der Waals surface area contributed by atoms with Crippen molar-refractivity contribution in [2.45, 2.75) is 12.4 Å². The first kappa shape index (κ1) is 16.5. The lowest BCUT2D eigenvalue weighted by atomic mass is 10.2. The van der Waals surface area contributed by atoms with Crippen molar-refractivity contribution in [1.29, 1.82) is 0 Å². The highest BCUT2D eigenvalue weighted by Gasteiger charge is 2.13. The van der Waals surface area contributed by atoms with E-state index in [0.29, 0.717) is 16.3 Å². The number of aliphatic hydroxyl groups is 1. The standard InChI is InChI=1S/C14H13ClINO3S/c15-13-7-12(16)5-6-14(13)17-21(19,20)9-11-3-1-10(8-18)2-4-11/h1-7,17-18H,8-9H2. The van der Waals surface area contributed by atoms with Gasteiger partial charge in [0, 0.05) is 3.57 Å². The fourth-order valence-corrected chi connectivity index (χ4v) is 3.91. The maximum atomic E-state index is 12.1. The molecule has 7 heteroatoms. The summed E-state index contributed by atoms with van der Waals surface area (Å²) in [6.07, 6.45) is 0. The normalized spacial score (nSPS) is 11.4. The van der Waals surface area contributed by atoms with Gasteiger partial charge >= 0.3 is 0 Å². The third-order valence-corrected chi connectivity index (χ3v) is 4.99. The zero-order valence-corrected chi connectivity index (χ0v) is 14.6. The molecule has 112 valence electrons. The van der Waals surface area contributed by atoms with Crippen LogP contribution in [0.2, 0.25) is 5.02 Å². The Morgan fingerprint density at radius 1 is 1.10 bits per heavy atom. The number of benzene rings is 2. The van der Waals surface area contributed by atoms with Crippen molar-refractivity contribution in [1.82, 2.24) is 0 Å². The molecule has 0 heterocycles. The molecule has 2 rings (SSSR count). The minimum Gasteiger partial charge on any atom is -0.392 e. The fourth-order valence-electron chi connectivity index (χ4n) is 1.74. The van der Waals surface area contributed by atoms with Gasteiger partial charge in [-0.05, 0) is 51.9 Å². The van der Waals surface area contributed by atoms with Crippen LogP contribution in [0, 0.1) is 3.57 Å². The molecule has 0 aliphatic carbocycles. The number of hydrogen-bond acceptors (Lipinski definition) is 3. The van der Waals surface area contributed by atoms with Crippen molar-refractivity contribution in [3.05, 3.63) is 62.2 Å². The summed E-state index contributed by atoms with van der Waals surface area (Å²) in [6, 6.07) is 11.9. The average molecular weight is 438 g/mol. The first-order valence-electron chi connectivity index (χ1n) is 6.04. The van der Waals surface area contributed by atoms with Crippen LogP contribution in [0.25, 0.3) is 0 Å². The molecule has 2 N–H and O–H groups in total. The van der Waals surface area contributed by atoms with Crippen LogP contribution in [-0.4, -0.2) is 13.5 Å². The predicted molar refractivity (Wildman–Crippen MR) is 92.8 cm³/mol. The second kappa shape index (κ2) is 6.95. The Morgan fingerprint density at radius 2 is 1.71 bits per heavy atom. The van der Waals surface area contributed by atoms with Gasteiger partial charge < -0.3 is 5.11 Å². The van der Waals surface area contributed by atoms with E-state index in [-0.39, 0.29) is 12.4 Å². The molecule has 0 aliphatic rings. The lowest BCUT2D eigenvalue weighted by Gasteiger charge is -2.10. The van der Waals surface area contributed by atoms with Gasteiger partial charge in [-0.1, -0.05) is 35.9 Å². The van der Waals surface area contributed by atoms with Crippen molar-refractivity contribution in [2.24, 2.45) is 0 Å². The molecule has 0 aliphatic heterocycles. The van der Waals surface area contributed by atoms with Crippen molar-refractivity contribution in [2.75, 3.05) is 4.72 Å². The summed E-state index contributed by atoms with van der Waals surface area (Å²) >= 11 is 8.12. The highest BCUT2D eigenvalue weighted by Crippen LogP contribution is 2.25. The van der Waals surface area contributed by atoms with E-state index in [9.17, 15) is 8.42 Å². The zero-order valence-electron chi connectivity index (χ0n) is 10.9. The van der Waals surface area contributed by atoms with Crippen LogP contribution in [0.3, 0.4) is 0 Å². The monoisotopic (exact) mass is 437 g/mol. The van der Waals surface area contributed by atoms with E-state index >= 15 is 0 Å². The van der Waals surface area contributed by atoms with E-state index < -0.39 is 10.0 Å². The van der Waals surface area contributed by atoms with E-state index in [2.05, 4.69) is 27.3 Å². The second-order valence-electron chi connectivity index (χ2n) is 4.46. The number of aliphatic hydroxyl groups excluding tert-OH is 1. The summed E-state index contributed by atoms with van der Waals surface area (Å²) in [5.41, 5.74) is 1.75. The van der Waals surface area contributed by atoms with Gasteiger partial charge in [-0.3, -0.25) is 4.72 Å². The van der Waals surface area contributed by atoms with Crippen LogP contribution in [0.4, 0.5) is 5.69 Å². The van der Waals surface area contributed by atoms with Crippen molar-refractivity contribution < 1.29 is 13.5 Å². The molecule has 2 aromatic carbocycles. The molecular weight excluding hydrogens is 425 g/mol. The van der Waals surface area contributed by atoms with Crippen molar-refractivity contribution >= 4 is 49.9 Å². The second-order valence-corrected chi connectivity index (χ2v) is 7.84. The molecule has 0 unspecified atom stereocenters. The number of nitrogens with one attached hydrogen (secondary N) is 1. The van der Waals surface area contributed by atoms with E-state index in [1.807, 2.05) is 0 Å². The van der Waals surface area contributed by atoms with Gasteiger partial charge in [-0.15, -0.1) is 0 Å².